The highest BCUT2D eigenvalue weighted by molar-refractivity contribution is 9.10. The fourth-order valence-corrected chi connectivity index (χ4v) is 2.08. The molecule has 0 fully saturated rings. The highest BCUT2D eigenvalue weighted by atomic mass is 79.9. The number of pyridine rings is 1. The van der Waals surface area contributed by atoms with Crippen LogP contribution in [0.3, 0.4) is 0 Å². The van der Waals surface area contributed by atoms with Crippen molar-refractivity contribution in [3.63, 3.8) is 0 Å². The number of methoxy groups -OCH3 is 1. The summed E-state index contributed by atoms with van der Waals surface area (Å²) in [5.74, 6) is 1.36. The van der Waals surface area contributed by atoms with Gasteiger partial charge in [-0.25, -0.2) is 9.97 Å². The second kappa shape index (κ2) is 6.58. The smallest absolute Gasteiger partial charge is 0.181 e. The molecule has 19 heavy (non-hydrogen) atoms. The number of ether oxygens (including phenoxy) is 1. The van der Waals surface area contributed by atoms with Gasteiger partial charge >= 0.3 is 0 Å². The third kappa shape index (κ3) is 3.48. The zero-order chi connectivity index (χ0) is 13.7. The molecule has 2 rings (SSSR count). The van der Waals surface area contributed by atoms with Crippen molar-refractivity contribution in [1.29, 1.82) is 0 Å². The summed E-state index contributed by atoms with van der Waals surface area (Å²) < 4.78 is 6.00. The Hall–Kier alpha value is -1.53. The standard InChI is InChI=1S/C13H15BrN4O/c1-3-15-11-7-9(8-19-2)17-13(18-11)12-10(14)5-4-6-16-12/h4-7H,3,8H2,1-2H3,(H,15,17,18). The Morgan fingerprint density at radius 3 is 2.89 bits per heavy atom. The van der Waals surface area contributed by atoms with E-state index in [1.54, 1.807) is 13.3 Å². The van der Waals surface area contributed by atoms with Crippen molar-refractivity contribution in [1.82, 2.24) is 15.0 Å². The lowest BCUT2D eigenvalue weighted by atomic mass is 10.3. The summed E-state index contributed by atoms with van der Waals surface area (Å²) in [5.41, 5.74) is 1.54. The maximum absolute atomic E-state index is 5.13. The van der Waals surface area contributed by atoms with Gasteiger partial charge in [0.05, 0.1) is 12.3 Å². The number of rotatable bonds is 5. The first-order chi connectivity index (χ1) is 9.24. The van der Waals surface area contributed by atoms with Crippen molar-refractivity contribution in [3.8, 4) is 11.5 Å². The van der Waals surface area contributed by atoms with Gasteiger partial charge in [-0.3, -0.25) is 4.98 Å². The lowest BCUT2D eigenvalue weighted by Gasteiger charge is -2.09. The lowest BCUT2D eigenvalue weighted by Crippen LogP contribution is -2.05. The molecule has 0 aliphatic rings. The molecule has 0 bridgehead atoms. The van der Waals surface area contributed by atoms with Crippen LogP contribution in [0.2, 0.25) is 0 Å². The second-order valence-electron chi connectivity index (χ2n) is 3.87. The van der Waals surface area contributed by atoms with E-state index >= 15 is 0 Å². The van der Waals surface area contributed by atoms with Gasteiger partial charge in [0.1, 0.15) is 11.5 Å². The average molecular weight is 323 g/mol. The van der Waals surface area contributed by atoms with Crippen LogP contribution >= 0.6 is 15.9 Å². The van der Waals surface area contributed by atoms with Gasteiger partial charge in [-0.05, 0) is 35.0 Å². The highest BCUT2D eigenvalue weighted by Gasteiger charge is 2.10. The monoisotopic (exact) mass is 322 g/mol. The first-order valence-corrected chi connectivity index (χ1v) is 6.75. The van der Waals surface area contributed by atoms with Gasteiger partial charge in [0, 0.05) is 30.4 Å². The molecule has 0 saturated heterocycles. The van der Waals surface area contributed by atoms with Gasteiger partial charge in [-0.1, -0.05) is 0 Å². The maximum atomic E-state index is 5.13. The third-order valence-corrected chi connectivity index (χ3v) is 3.04. The summed E-state index contributed by atoms with van der Waals surface area (Å²) in [7, 11) is 1.64. The largest absolute Gasteiger partial charge is 0.378 e. The van der Waals surface area contributed by atoms with Crippen molar-refractivity contribution >= 4 is 21.7 Å². The predicted octanol–water partition coefficient (Wildman–Crippen LogP) is 2.88. The molecule has 0 unspecified atom stereocenters. The highest BCUT2D eigenvalue weighted by Crippen LogP contribution is 2.24. The first kappa shape index (κ1) is 13.9. The molecule has 2 heterocycles. The van der Waals surface area contributed by atoms with Crippen LogP contribution in [0.4, 0.5) is 5.82 Å². The van der Waals surface area contributed by atoms with Crippen LogP contribution in [-0.4, -0.2) is 28.6 Å². The van der Waals surface area contributed by atoms with Crippen molar-refractivity contribution in [2.45, 2.75) is 13.5 Å². The van der Waals surface area contributed by atoms with Gasteiger partial charge in [-0.15, -0.1) is 0 Å². The van der Waals surface area contributed by atoms with E-state index in [1.807, 2.05) is 25.1 Å². The summed E-state index contributed by atoms with van der Waals surface area (Å²) in [6.45, 7) is 3.26. The molecule has 0 atom stereocenters. The van der Waals surface area contributed by atoms with Crippen molar-refractivity contribution in [2.24, 2.45) is 0 Å². The topological polar surface area (TPSA) is 59.9 Å². The summed E-state index contributed by atoms with van der Waals surface area (Å²) in [5, 5.41) is 3.19. The van der Waals surface area contributed by atoms with Crippen LogP contribution in [0.15, 0.2) is 28.9 Å². The molecule has 0 radical (unpaired) electrons. The molecule has 0 aliphatic heterocycles. The number of hydrogen-bond donors (Lipinski definition) is 1. The van der Waals surface area contributed by atoms with E-state index in [-0.39, 0.29) is 0 Å². The number of halogens is 1. The Kier molecular flexibility index (Phi) is 4.81. The van der Waals surface area contributed by atoms with Crippen LogP contribution in [0, 0.1) is 0 Å². The average Bonchev–Trinajstić information content (AvgIpc) is 2.40. The molecular formula is C13H15BrN4O. The molecule has 0 spiro atoms. The Labute approximate surface area is 120 Å². The minimum atomic E-state index is 0.443. The molecule has 0 aromatic carbocycles. The van der Waals surface area contributed by atoms with E-state index in [1.165, 1.54) is 0 Å². The molecule has 6 heteroatoms. The van der Waals surface area contributed by atoms with Gasteiger partial charge in [0.15, 0.2) is 5.82 Å². The number of anilines is 1. The van der Waals surface area contributed by atoms with E-state index in [0.29, 0.717) is 12.4 Å². The Morgan fingerprint density at radius 1 is 1.37 bits per heavy atom. The van der Waals surface area contributed by atoms with Crippen molar-refractivity contribution < 1.29 is 4.74 Å². The molecule has 2 aromatic heterocycles. The molecule has 1 N–H and O–H groups in total. The molecule has 0 amide bonds. The molecule has 0 aliphatic carbocycles. The Morgan fingerprint density at radius 2 is 2.21 bits per heavy atom. The Bertz CT molecular complexity index is 538. The minimum Gasteiger partial charge on any atom is -0.378 e. The molecule has 2 aromatic rings. The zero-order valence-electron chi connectivity index (χ0n) is 10.9. The van der Waals surface area contributed by atoms with E-state index in [4.69, 9.17) is 4.74 Å². The van der Waals surface area contributed by atoms with E-state index < -0.39 is 0 Å². The first-order valence-electron chi connectivity index (χ1n) is 5.96. The van der Waals surface area contributed by atoms with E-state index in [0.717, 1.165) is 28.2 Å². The third-order valence-electron chi connectivity index (χ3n) is 2.40. The van der Waals surface area contributed by atoms with Crippen LogP contribution in [0.5, 0.6) is 0 Å². The normalized spacial score (nSPS) is 10.5. The second-order valence-corrected chi connectivity index (χ2v) is 4.72. The van der Waals surface area contributed by atoms with E-state index in [9.17, 15) is 0 Å². The number of nitrogens with zero attached hydrogens (tertiary/aromatic N) is 3. The van der Waals surface area contributed by atoms with Crippen LogP contribution < -0.4 is 5.32 Å². The summed E-state index contributed by atoms with van der Waals surface area (Å²) >= 11 is 3.47. The van der Waals surface area contributed by atoms with Gasteiger partial charge in [0.2, 0.25) is 0 Å². The molecule has 100 valence electrons. The summed E-state index contributed by atoms with van der Waals surface area (Å²) in [6, 6.07) is 5.66. The number of aromatic nitrogens is 3. The van der Waals surface area contributed by atoms with Crippen LogP contribution in [0.1, 0.15) is 12.6 Å². The number of nitrogens with one attached hydrogen (secondary N) is 1. The Balaban J connectivity index is 2.46. The minimum absolute atomic E-state index is 0.443. The fraction of sp³-hybridized carbons (Fsp3) is 0.308. The zero-order valence-corrected chi connectivity index (χ0v) is 12.4. The molecular weight excluding hydrogens is 308 g/mol. The van der Waals surface area contributed by atoms with Gasteiger partial charge in [-0.2, -0.15) is 0 Å². The SMILES string of the molecule is CCNc1cc(COC)nc(-c2ncccc2Br)n1. The summed E-state index contributed by atoms with van der Waals surface area (Å²) in [6.07, 6.45) is 1.72. The van der Waals surface area contributed by atoms with E-state index in [2.05, 4.69) is 36.2 Å². The van der Waals surface area contributed by atoms with Gasteiger partial charge < -0.3 is 10.1 Å². The van der Waals surface area contributed by atoms with Crippen molar-refractivity contribution in [2.75, 3.05) is 19.0 Å². The maximum Gasteiger partial charge on any atom is 0.181 e. The fourth-order valence-electron chi connectivity index (χ4n) is 1.65. The summed E-state index contributed by atoms with van der Waals surface area (Å²) in [4.78, 5) is 13.2. The quantitative estimate of drug-likeness (QED) is 0.917. The van der Waals surface area contributed by atoms with Gasteiger partial charge in [0.25, 0.3) is 0 Å². The number of hydrogen-bond acceptors (Lipinski definition) is 5. The van der Waals surface area contributed by atoms with Crippen LogP contribution in [0.25, 0.3) is 11.5 Å². The lowest BCUT2D eigenvalue weighted by molar-refractivity contribution is 0.181. The molecule has 5 nitrogen and oxygen atoms in total. The molecule has 0 saturated carbocycles. The van der Waals surface area contributed by atoms with Crippen LogP contribution in [-0.2, 0) is 11.3 Å². The van der Waals surface area contributed by atoms with Crippen molar-refractivity contribution in [3.05, 3.63) is 34.6 Å². The predicted molar refractivity (Wildman–Crippen MR) is 77.8 cm³/mol.